The monoisotopic (exact) mass is 572 g/mol. The molecule has 0 atom stereocenters. The largest absolute Gasteiger partial charge is 0.497 e. The topological polar surface area (TPSA) is 122 Å². The zero-order chi connectivity index (χ0) is 29.7. The van der Waals surface area contributed by atoms with Gasteiger partial charge in [0.2, 0.25) is 11.8 Å². The van der Waals surface area contributed by atoms with Gasteiger partial charge in [0.15, 0.2) is 0 Å². The highest BCUT2D eigenvalue weighted by Crippen LogP contribution is 2.40. The number of hydrogen-bond donors (Lipinski definition) is 3. The molecule has 1 fully saturated rings. The van der Waals surface area contributed by atoms with Crippen molar-refractivity contribution < 1.29 is 23.9 Å². The summed E-state index contributed by atoms with van der Waals surface area (Å²) >= 11 is 0. The number of rotatable bonds is 4. The summed E-state index contributed by atoms with van der Waals surface area (Å²) in [5.74, 6) is -0.212. The Morgan fingerprint density at radius 2 is 1.47 bits per heavy atom. The Bertz CT molecular complexity index is 2000. The van der Waals surface area contributed by atoms with Gasteiger partial charge in [-0.3, -0.25) is 29.8 Å². The van der Waals surface area contributed by atoms with Crippen molar-refractivity contribution in [1.29, 1.82) is 0 Å². The van der Waals surface area contributed by atoms with Crippen LogP contribution in [0.15, 0.2) is 73.1 Å². The normalized spacial score (nSPS) is 16.0. The molecule has 0 radical (unpaired) electrons. The molecule has 0 bridgehead atoms. The lowest BCUT2D eigenvalue weighted by Gasteiger charge is -2.14. The molecule has 9 nitrogen and oxygen atoms in total. The van der Waals surface area contributed by atoms with Crippen molar-refractivity contribution in [2.45, 2.75) is 32.2 Å². The van der Waals surface area contributed by atoms with E-state index in [1.165, 1.54) is 11.1 Å². The van der Waals surface area contributed by atoms with Gasteiger partial charge in [-0.2, -0.15) is 0 Å². The van der Waals surface area contributed by atoms with Crippen LogP contribution < -0.4 is 15.4 Å². The summed E-state index contributed by atoms with van der Waals surface area (Å²) in [7, 11) is 1.65. The number of amides is 4. The minimum atomic E-state index is -0.363. The number of aromatic nitrogens is 2. The summed E-state index contributed by atoms with van der Waals surface area (Å²) < 4.78 is 7.51. The first-order chi connectivity index (χ1) is 20.9. The van der Waals surface area contributed by atoms with Gasteiger partial charge in [0.05, 0.1) is 23.8 Å². The molecular weight excluding hydrogens is 544 g/mol. The van der Waals surface area contributed by atoms with Crippen LogP contribution in [0.3, 0.4) is 0 Å². The molecule has 5 aromatic rings. The lowest BCUT2D eigenvalue weighted by Crippen LogP contribution is -2.22. The van der Waals surface area contributed by atoms with Crippen LogP contribution in [0, 0.1) is 0 Å². The minimum Gasteiger partial charge on any atom is -0.497 e. The maximum Gasteiger partial charge on any atom is 0.259 e. The van der Waals surface area contributed by atoms with Crippen LogP contribution in [0.2, 0.25) is 0 Å². The van der Waals surface area contributed by atoms with Gasteiger partial charge in [-0.05, 0) is 53.8 Å². The predicted octanol–water partition coefficient (Wildman–Crippen LogP) is 4.73. The smallest absolute Gasteiger partial charge is 0.259 e. The number of fused-ring (bicyclic) bond motifs is 1. The first-order valence-corrected chi connectivity index (χ1v) is 14.2. The number of nitrogens with one attached hydrogen (secondary N) is 3. The van der Waals surface area contributed by atoms with E-state index >= 15 is 0 Å². The molecule has 3 aromatic carbocycles. The maximum absolute atomic E-state index is 13.2. The second-order valence-electron chi connectivity index (χ2n) is 10.8. The third-order valence-electron chi connectivity index (χ3n) is 8.26. The van der Waals surface area contributed by atoms with Gasteiger partial charge in [-0.25, -0.2) is 0 Å². The summed E-state index contributed by atoms with van der Waals surface area (Å²) in [6, 6.07) is 20.2. The van der Waals surface area contributed by atoms with E-state index in [4.69, 9.17) is 4.74 Å². The summed E-state index contributed by atoms with van der Waals surface area (Å²) in [5.41, 5.74) is 7.82. The number of carbonyl (C=O) groups is 4. The van der Waals surface area contributed by atoms with Gasteiger partial charge in [-0.1, -0.05) is 36.4 Å². The zero-order valence-corrected chi connectivity index (χ0v) is 23.5. The molecule has 2 aromatic heterocycles. The van der Waals surface area contributed by atoms with E-state index in [9.17, 15) is 19.2 Å². The number of para-hydroxylation sites is 1. The van der Waals surface area contributed by atoms with Crippen LogP contribution in [0.1, 0.15) is 36.0 Å². The van der Waals surface area contributed by atoms with Crippen LogP contribution in [-0.2, 0) is 32.1 Å². The Labute approximate surface area is 246 Å². The molecule has 0 unspecified atom stereocenters. The highest BCUT2D eigenvalue weighted by atomic mass is 16.5. The van der Waals surface area contributed by atoms with Gasteiger partial charge in [0.1, 0.15) is 5.75 Å². The molecule has 3 aliphatic heterocycles. The Morgan fingerprint density at radius 1 is 0.744 bits per heavy atom. The number of nitrogens with zero attached hydrogens (tertiary/aromatic N) is 1. The Morgan fingerprint density at radius 3 is 2.16 bits per heavy atom. The molecule has 1 saturated heterocycles. The van der Waals surface area contributed by atoms with Gasteiger partial charge < -0.3 is 14.3 Å². The fourth-order valence-corrected chi connectivity index (χ4v) is 6.22. The Balaban J connectivity index is 0.000000379. The van der Waals surface area contributed by atoms with Crippen molar-refractivity contribution in [2.24, 2.45) is 0 Å². The number of hydrogen-bond acceptors (Lipinski definition) is 5. The molecule has 3 aliphatic rings. The van der Waals surface area contributed by atoms with Gasteiger partial charge >= 0.3 is 0 Å². The highest BCUT2D eigenvalue weighted by molar-refractivity contribution is 6.50. The average molecular weight is 573 g/mol. The molecule has 5 heterocycles. The van der Waals surface area contributed by atoms with Crippen molar-refractivity contribution in [1.82, 2.24) is 20.2 Å². The SMILES string of the molecule is COc1ccc(-c2ccc3[nH]cc(C4=C(c5cn6c7c(cccc57)CCC6)C(=O)NC4=O)c3c2)cc1.O=C1CCC(=O)N1. The number of aryl methyl sites for hydroxylation is 2. The number of imide groups is 2. The summed E-state index contributed by atoms with van der Waals surface area (Å²) in [4.78, 5) is 49.9. The second-order valence-corrected chi connectivity index (χ2v) is 10.8. The fraction of sp³-hybridized carbons (Fsp3) is 0.176. The Hall–Kier alpha value is -5.44. The van der Waals surface area contributed by atoms with E-state index in [0.717, 1.165) is 63.7 Å². The fourth-order valence-electron chi connectivity index (χ4n) is 6.22. The van der Waals surface area contributed by atoms with Gasteiger partial charge in [0, 0.05) is 59.2 Å². The quantitative estimate of drug-likeness (QED) is 0.269. The van der Waals surface area contributed by atoms with E-state index in [0.29, 0.717) is 24.0 Å². The number of ether oxygens (including phenoxy) is 1. The Kier molecular flexibility index (Phi) is 6.42. The van der Waals surface area contributed by atoms with Crippen LogP contribution >= 0.6 is 0 Å². The zero-order valence-electron chi connectivity index (χ0n) is 23.5. The highest BCUT2D eigenvalue weighted by Gasteiger charge is 2.35. The minimum absolute atomic E-state index is 0.148. The van der Waals surface area contributed by atoms with Crippen LogP contribution in [0.25, 0.3) is 44.1 Å². The third kappa shape index (κ3) is 4.59. The molecule has 214 valence electrons. The van der Waals surface area contributed by atoms with E-state index < -0.39 is 0 Å². The lowest BCUT2D eigenvalue weighted by molar-refractivity contribution is -0.125. The predicted molar refractivity (Wildman–Crippen MR) is 163 cm³/mol. The van der Waals surface area contributed by atoms with E-state index in [1.807, 2.05) is 60.9 Å². The van der Waals surface area contributed by atoms with Crippen molar-refractivity contribution in [3.63, 3.8) is 0 Å². The number of benzene rings is 3. The number of methoxy groups -OCH3 is 1. The van der Waals surface area contributed by atoms with Crippen molar-refractivity contribution in [2.75, 3.05) is 7.11 Å². The molecule has 0 spiro atoms. The van der Waals surface area contributed by atoms with Crippen molar-refractivity contribution in [3.8, 4) is 16.9 Å². The van der Waals surface area contributed by atoms with Crippen LogP contribution in [0.5, 0.6) is 5.75 Å². The molecular formula is C34H28N4O5. The summed E-state index contributed by atoms with van der Waals surface area (Å²) in [5, 5.41) is 6.61. The van der Waals surface area contributed by atoms with Crippen molar-refractivity contribution >= 4 is 56.6 Å². The van der Waals surface area contributed by atoms with Crippen LogP contribution in [0.4, 0.5) is 0 Å². The molecule has 4 amide bonds. The van der Waals surface area contributed by atoms with Gasteiger partial charge in [-0.15, -0.1) is 0 Å². The van der Waals surface area contributed by atoms with E-state index in [-0.39, 0.29) is 23.6 Å². The number of carbonyl (C=O) groups excluding carboxylic acids is 4. The molecule has 3 N–H and O–H groups in total. The van der Waals surface area contributed by atoms with E-state index in [1.54, 1.807) is 7.11 Å². The molecule has 0 aliphatic carbocycles. The molecule has 8 rings (SSSR count). The first-order valence-electron chi connectivity index (χ1n) is 14.2. The average Bonchev–Trinajstić information content (AvgIpc) is 3.78. The van der Waals surface area contributed by atoms with Crippen molar-refractivity contribution in [3.05, 3.63) is 89.7 Å². The third-order valence-corrected chi connectivity index (χ3v) is 8.26. The first kappa shape index (κ1) is 26.5. The standard InChI is InChI=1S/C30H23N3O3.C4H5NO2/c1-36-20-10-7-17(8-11-20)19-9-12-25-22(14-19)23(15-31-25)26-27(30(35)32-29(26)34)24-16-33-13-3-5-18-4-2-6-21(24)28(18)33;6-3-1-2-4(7)5-3/h2,4,6-12,14-16,31H,3,5,13H2,1H3,(H,32,34,35);1-2H2,(H,5,6,7). The summed E-state index contributed by atoms with van der Waals surface area (Å²) in [6.45, 7) is 0.907. The molecule has 0 saturated carbocycles. The lowest BCUT2D eigenvalue weighted by atomic mass is 9.94. The number of H-pyrrole nitrogens is 1. The second kappa shape index (κ2) is 10.4. The maximum atomic E-state index is 13.2. The van der Waals surface area contributed by atoms with Crippen LogP contribution in [-0.4, -0.2) is 40.3 Å². The molecule has 9 heteroatoms. The van der Waals surface area contributed by atoms with Gasteiger partial charge in [0.25, 0.3) is 11.8 Å². The number of aromatic amines is 1. The van der Waals surface area contributed by atoms with E-state index in [2.05, 4.69) is 32.3 Å². The molecule has 43 heavy (non-hydrogen) atoms. The summed E-state index contributed by atoms with van der Waals surface area (Å²) in [6.07, 6.45) is 6.71.